The molecule has 6 amide bonds. The Hall–Kier alpha value is -15.5. The molecule has 0 fully saturated rings. The van der Waals surface area contributed by atoms with Gasteiger partial charge in [-0.1, -0.05) is 0 Å². The number of carbonyl (C=O) groups excluding carboxylic acids is 26. The SMILES string of the molecule is CC(=O)OCC(OC(C)=O)C(OC(C)=O)C(OC(C)=O)C(OC(C)=O)C(=O)NCCN(CCNC(=O)C(OC(C)=O)C(OC(C)=O)C(OC(C)=O)C(COC(C)=O)OC(C)=O)C(=O)CN(CCN(CCN(CC(=O)O)CC(=O)N(CCNC(=O)C(OC(C)=O)C(OC(C)=O)C(OC(C)=O)C(COC(C)=O)OC(C)=O)CCNC(=O)C(OC(C)=O)C(OC(C)=O)C(OC(C)=O)C(COC(C)=O)OC(C)=O)CC(=O)O)CC(=O)O. The fourth-order valence-electron chi connectivity index (χ4n) is 13.2. The van der Waals surface area contributed by atoms with Gasteiger partial charge < -0.3 is 141 Å². The summed E-state index contributed by atoms with van der Waals surface area (Å²) in [6, 6.07) is 0. The third-order valence-corrected chi connectivity index (χ3v) is 18.3. The number of aliphatic carboxylic acids is 3. The van der Waals surface area contributed by atoms with E-state index in [2.05, 4.69) is 21.3 Å². The Balaban J connectivity index is 8.88. The zero-order chi connectivity index (χ0) is 113. The van der Waals surface area contributed by atoms with Crippen molar-refractivity contribution >= 4 is 173 Å². The van der Waals surface area contributed by atoms with Crippen LogP contribution in [0.2, 0.25) is 0 Å². The van der Waals surface area contributed by atoms with E-state index in [4.69, 9.17) is 94.7 Å². The predicted octanol–water partition coefficient (Wildman–Crippen LogP) is -7.57. The van der Waals surface area contributed by atoms with Gasteiger partial charge in [-0.2, -0.15) is 0 Å². The molecule has 0 aromatic carbocycles. The number of nitrogens with one attached hydrogen (secondary N) is 4. The topological polar surface area (TPSA) is 805 Å². The van der Waals surface area contributed by atoms with Gasteiger partial charge in [-0.05, 0) is 0 Å². The maximum Gasteiger partial charge on any atom is 0.317 e. The predicted molar refractivity (Wildman–Crippen MR) is 473 cm³/mol. The molecule has 61 nitrogen and oxygen atoms in total. The molecule has 0 aromatic heterocycles. The molecule has 0 radical (unpaired) electrons. The van der Waals surface area contributed by atoms with E-state index in [0.29, 0.717) is 0 Å². The standard InChI is InChI=1S/C86H125N9O52/c1-42(96)128-38-62(132-46(5)100)71(136-50(9)104)75(140-54(13)108)79(144-58(17)112)83(124)87-21-25-94(26-22-88-84(125)80(145-59(18)113)76(141-55(14)109)72(137-51(10)105)63(133-47(6)101)39-129-43(2)97)66(116)33-92(36-69(120)121)31-29-91(35-68(118)119)30-32-93(37-70(122)123)34-67(117)95(27-23-89-85(126)81(146-60(19)114)77(142-56(15)110)73(138-52(11)106)64(134-48(7)102)40-130-44(3)98)28-24-90-86(127)82(147-61(20)115)78(143-57(16)111)74(139-53(12)107)65(135-49(8)103)41-131-45(4)99/h62-65,71-82H,21-41H2,1-20H3,(H,87,124)(H,88,125)(H,89,126)(H,90,127)(H,118,119)(H,120,121)(H,122,123). The Morgan fingerprint density at radius 3 is 0.503 bits per heavy atom. The number of carbonyl (C=O) groups is 29. The number of hydrogen-bond acceptors (Lipinski definition) is 52. The number of ether oxygens (including phenoxy) is 20. The van der Waals surface area contributed by atoms with Gasteiger partial charge in [0.1, 0.15) is 26.4 Å². The van der Waals surface area contributed by atoms with Crippen LogP contribution in [0, 0.1) is 0 Å². The zero-order valence-corrected chi connectivity index (χ0v) is 84.2. The van der Waals surface area contributed by atoms with Crippen molar-refractivity contribution in [3.05, 3.63) is 0 Å². The van der Waals surface area contributed by atoms with E-state index in [1.165, 1.54) is 0 Å². The molecule has 0 spiro atoms. The minimum absolute atomic E-state index is 0.641. The summed E-state index contributed by atoms with van der Waals surface area (Å²) in [5, 5.41) is 40.2. The van der Waals surface area contributed by atoms with Gasteiger partial charge >= 0.3 is 137 Å². The van der Waals surface area contributed by atoms with Crippen molar-refractivity contribution in [2.45, 2.75) is 236 Å². The largest absolute Gasteiger partial charge is 0.480 e. The summed E-state index contributed by atoms with van der Waals surface area (Å²) < 4.78 is 105. The highest BCUT2D eigenvalue weighted by molar-refractivity contribution is 5.89. The minimum Gasteiger partial charge on any atom is -0.480 e. The van der Waals surface area contributed by atoms with Crippen LogP contribution in [-0.4, -0.2) is 448 Å². The highest BCUT2D eigenvalue weighted by Crippen LogP contribution is 2.27. The maximum atomic E-state index is 15.0. The van der Waals surface area contributed by atoms with Gasteiger partial charge in [-0.25, -0.2) is 0 Å². The summed E-state index contributed by atoms with van der Waals surface area (Å²) in [6.07, 6.45) is -35.8. The summed E-state index contributed by atoms with van der Waals surface area (Å²) in [4.78, 5) is 383. The Morgan fingerprint density at radius 2 is 0.347 bits per heavy atom. The molecule has 0 rings (SSSR count). The molecule has 16 unspecified atom stereocenters. The zero-order valence-electron chi connectivity index (χ0n) is 84.2. The summed E-state index contributed by atoms with van der Waals surface area (Å²) in [6.45, 7) is -2.74. The van der Waals surface area contributed by atoms with E-state index in [9.17, 15) is 145 Å². The van der Waals surface area contributed by atoms with Crippen LogP contribution in [0.3, 0.4) is 0 Å². The van der Waals surface area contributed by atoms with Crippen LogP contribution in [0.4, 0.5) is 0 Å². The number of nitrogens with zero attached hydrogens (tertiary/aromatic N) is 5. The molecule has 0 heterocycles. The van der Waals surface area contributed by atoms with E-state index in [1.54, 1.807) is 0 Å². The molecule has 0 bridgehead atoms. The van der Waals surface area contributed by atoms with E-state index < -0.39 is 408 Å². The van der Waals surface area contributed by atoms with Crippen molar-refractivity contribution in [3.8, 4) is 0 Å². The lowest BCUT2D eigenvalue weighted by Crippen LogP contribution is -2.58. The highest BCUT2D eigenvalue weighted by atomic mass is 16.7. The molecule has 0 aliphatic rings. The van der Waals surface area contributed by atoms with Gasteiger partial charge in [0.15, 0.2) is 73.2 Å². The average Bonchev–Trinajstić information content (AvgIpc) is 0.828. The van der Waals surface area contributed by atoms with E-state index >= 15 is 9.59 Å². The Labute approximate surface area is 838 Å². The maximum absolute atomic E-state index is 15.0. The van der Waals surface area contributed by atoms with Gasteiger partial charge in [0, 0.05) is 217 Å². The lowest BCUT2D eigenvalue weighted by atomic mass is 10.0. The molecule has 61 heteroatoms. The fraction of sp³-hybridized carbons (Fsp3) is 0.663. The normalized spacial score (nSPS) is 14.1. The second-order valence-corrected chi connectivity index (χ2v) is 31.3. The number of rotatable bonds is 68. The van der Waals surface area contributed by atoms with Gasteiger partial charge in [-0.15, -0.1) is 0 Å². The molecule has 7 N–H and O–H groups in total. The second-order valence-electron chi connectivity index (χ2n) is 31.3. The molecule has 0 aliphatic heterocycles. The number of carboxylic acid groups (broad SMARTS) is 3. The lowest BCUT2D eigenvalue weighted by molar-refractivity contribution is -0.203. The highest BCUT2D eigenvalue weighted by Gasteiger charge is 2.52. The van der Waals surface area contributed by atoms with Crippen LogP contribution in [0.1, 0.15) is 138 Å². The van der Waals surface area contributed by atoms with Crippen molar-refractivity contribution in [3.63, 3.8) is 0 Å². The molecule has 0 aliphatic carbocycles. The molecule has 826 valence electrons. The van der Waals surface area contributed by atoms with Gasteiger partial charge in [0.25, 0.3) is 23.6 Å². The monoisotopic (exact) mass is 2120 g/mol. The smallest absolute Gasteiger partial charge is 0.317 e. The first-order chi connectivity index (χ1) is 68.3. The first-order valence-electron chi connectivity index (χ1n) is 44.1. The Kier molecular flexibility index (Phi) is 60.8. The van der Waals surface area contributed by atoms with Gasteiger partial charge in [-0.3, -0.25) is 154 Å². The summed E-state index contributed by atoms with van der Waals surface area (Å²) in [7, 11) is 0. The Morgan fingerprint density at radius 1 is 0.190 bits per heavy atom. The van der Waals surface area contributed by atoms with Crippen LogP contribution < -0.4 is 21.3 Å². The van der Waals surface area contributed by atoms with E-state index in [0.717, 1.165) is 163 Å². The summed E-state index contributed by atoms with van der Waals surface area (Å²) in [5.41, 5.74) is 0. The lowest BCUT2D eigenvalue weighted by Gasteiger charge is -2.35. The van der Waals surface area contributed by atoms with E-state index in [-0.39, 0.29) is 0 Å². The Bertz CT molecular complexity index is 4150. The molecule has 0 saturated heterocycles. The van der Waals surface area contributed by atoms with Crippen molar-refractivity contribution in [2.75, 3.05) is 138 Å². The van der Waals surface area contributed by atoms with Crippen LogP contribution in [0.15, 0.2) is 0 Å². The fourth-order valence-corrected chi connectivity index (χ4v) is 13.2. The average molecular weight is 2120 g/mol. The van der Waals surface area contributed by atoms with Crippen LogP contribution in [-0.2, 0) is 234 Å². The third kappa shape index (κ3) is 57.0. The number of esters is 20. The summed E-state index contributed by atoms with van der Waals surface area (Å²) in [5.74, 6) is -37.4. The molecule has 0 aromatic rings. The van der Waals surface area contributed by atoms with Crippen molar-refractivity contribution in [2.24, 2.45) is 0 Å². The minimum atomic E-state index is -2.47. The van der Waals surface area contributed by atoms with E-state index in [1.807, 2.05) is 0 Å². The quantitative estimate of drug-likeness (QED) is 0.0220. The van der Waals surface area contributed by atoms with Crippen LogP contribution in [0.5, 0.6) is 0 Å². The van der Waals surface area contributed by atoms with Crippen molar-refractivity contribution in [1.82, 2.24) is 45.8 Å². The molecule has 147 heavy (non-hydrogen) atoms. The number of carboxylic acids is 3. The van der Waals surface area contributed by atoms with Crippen molar-refractivity contribution < 1.29 is 249 Å². The van der Waals surface area contributed by atoms with Gasteiger partial charge in [0.2, 0.25) is 36.2 Å². The first kappa shape index (κ1) is 132. The molecular weight excluding hydrogens is 1990 g/mol. The van der Waals surface area contributed by atoms with Crippen molar-refractivity contribution in [1.29, 1.82) is 0 Å². The molecular formula is C86H125N9O52. The molecule has 0 saturated carbocycles. The number of hydrogen-bond donors (Lipinski definition) is 7. The number of amides is 6. The first-order valence-corrected chi connectivity index (χ1v) is 44.1. The second kappa shape index (κ2) is 67.9. The third-order valence-electron chi connectivity index (χ3n) is 18.3. The van der Waals surface area contributed by atoms with Gasteiger partial charge in [0.05, 0.1) is 32.7 Å². The van der Waals surface area contributed by atoms with Crippen LogP contribution >= 0.6 is 0 Å². The van der Waals surface area contributed by atoms with Crippen LogP contribution in [0.25, 0.3) is 0 Å². The summed E-state index contributed by atoms with van der Waals surface area (Å²) >= 11 is 0. The molecule has 16 atom stereocenters.